The topological polar surface area (TPSA) is 113 Å². The maximum Gasteiger partial charge on any atom is 0.307 e. The van der Waals surface area contributed by atoms with Crippen molar-refractivity contribution in [1.82, 2.24) is 4.72 Å². The Morgan fingerprint density at radius 3 is 2.48 bits per heavy atom. The van der Waals surface area contributed by atoms with Gasteiger partial charge in [-0.15, -0.1) is 0 Å². The molecule has 1 aromatic rings. The molecule has 0 bridgehead atoms. The van der Waals surface area contributed by atoms with Crippen LogP contribution in [0, 0.1) is 0 Å². The maximum absolute atomic E-state index is 12.0. The summed E-state index contributed by atoms with van der Waals surface area (Å²) in [5.74, 6) is -0.976. The van der Waals surface area contributed by atoms with E-state index < -0.39 is 22.1 Å². The molecule has 0 aromatic heterocycles. The number of rotatable bonds is 9. The molecule has 0 heterocycles. The first-order valence-corrected chi connectivity index (χ1v) is 7.81. The number of benzene rings is 1. The van der Waals surface area contributed by atoms with Crippen LogP contribution in [-0.2, 0) is 26.0 Å². The molecular formula is C13H19NO6S. The molecule has 0 aliphatic carbocycles. The van der Waals surface area contributed by atoms with E-state index in [2.05, 4.69) is 4.72 Å². The fourth-order valence-corrected chi connectivity index (χ4v) is 2.73. The van der Waals surface area contributed by atoms with Crippen LogP contribution < -0.4 is 4.72 Å². The average Bonchev–Trinajstić information content (AvgIpc) is 2.38. The molecular weight excluding hydrogens is 298 g/mol. The number of carbonyl (C=O) groups is 1. The van der Waals surface area contributed by atoms with Crippen molar-refractivity contribution < 1.29 is 28.2 Å². The number of carboxylic acids is 1. The summed E-state index contributed by atoms with van der Waals surface area (Å²) in [6.45, 7) is 0.231. The van der Waals surface area contributed by atoms with Crippen molar-refractivity contribution in [1.29, 1.82) is 0 Å². The number of ether oxygens (including phenoxy) is 1. The number of aliphatic hydroxyl groups is 1. The monoisotopic (exact) mass is 317 g/mol. The highest BCUT2D eigenvalue weighted by atomic mass is 32.2. The second kappa shape index (κ2) is 8.08. The minimum atomic E-state index is -3.67. The number of aliphatic carboxylic acids is 1. The van der Waals surface area contributed by atoms with Crippen LogP contribution in [0.25, 0.3) is 0 Å². The molecule has 118 valence electrons. The lowest BCUT2D eigenvalue weighted by Crippen LogP contribution is -2.28. The second-order valence-electron chi connectivity index (χ2n) is 4.51. The van der Waals surface area contributed by atoms with Crippen molar-refractivity contribution in [3.63, 3.8) is 0 Å². The molecule has 1 rings (SSSR count). The van der Waals surface area contributed by atoms with Gasteiger partial charge in [0.1, 0.15) is 0 Å². The zero-order chi connectivity index (χ0) is 15.9. The van der Waals surface area contributed by atoms with Gasteiger partial charge in [-0.2, -0.15) is 0 Å². The van der Waals surface area contributed by atoms with Gasteiger partial charge < -0.3 is 14.9 Å². The Balaban J connectivity index is 2.59. The van der Waals surface area contributed by atoms with Gasteiger partial charge in [0.05, 0.1) is 24.0 Å². The molecule has 0 radical (unpaired) electrons. The molecule has 21 heavy (non-hydrogen) atoms. The van der Waals surface area contributed by atoms with Crippen molar-refractivity contribution in [3.05, 3.63) is 29.8 Å². The van der Waals surface area contributed by atoms with Gasteiger partial charge in [-0.3, -0.25) is 4.79 Å². The van der Waals surface area contributed by atoms with Gasteiger partial charge in [0, 0.05) is 13.7 Å². The predicted molar refractivity (Wildman–Crippen MR) is 75.5 cm³/mol. The summed E-state index contributed by atoms with van der Waals surface area (Å²) in [6, 6.07) is 5.63. The molecule has 1 unspecified atom stereocenters. The van der Waals surface area contributed by atoms with E-state index in [1.165, 1.54) is 31.4 Å². The number of nitrogens with one attached hydrogen (secondary N) is 1. The molecule has 0 amide bonds. The van der Waals surface area contributed by atoms with Crippen LogP contribution >= 0.6 is 0 Å². The van der Waals surface area contributed by atoms with Crippen molar-refractivity contribution in [2.45, 2.75) is 23.8 Å². The third kappa shape index (κ3) is 6.21. The van der Waals surface area contributed by atoms with Crippen LogP contribution in [0.2, 0.25) is 0 Å². The Bertz CT molecular complexity index is 555. The third-order valence-corrected chi connectivity index (χ3v) is 4.19. The fourth-order valence-electron chi connectivity index (χ4n) is 1.68. The van der Waals surface area contributed by atoms with Crippen LogP contribution in [0.4, 0.5) is 0 Å². The van der Waals surface area contributed by atoms with E-state index in [9.17, 15) is 18.3 Å². The second-order valence-corrected chi connectivity index (χ2v) is 6.28. The van der Waals surface area contributed by atoms with Crippen molar-refractivity contribution in [3.8, 4) is 0 Å². The highest BCUT2D eigenvalue weighted by Gasteiger charge is 2.14. The first-order valence-electron chi connectivity index (χ1n) is 6.32. The number of hydrogen-bond donors (Lipinski definition) is 3. The molecule has 1 aromatic carbocycles. The van der Waals surface area contributed by atoms with Crippen LogP contribution in [0.3, 0.4) is 0 Å². The quantitative estimate of drug-likeness (QED) is 0.590. The highest BCUT2D eigenvalue weighted by molar-refractivity contribution is 7.89. The molecule has 0 spiro atoms. The lowest BCUT2D eigenvalue weighted by Gasteiger charge is -2.10. The lowest BCUT2D eigenvalue weighted by atomic mass is 10.2. The summed E-state index contributed by atoms with van der Waals surface area (Å²) in [7, 11) is -2.22. The Hall–Kier alpha value is -1.48. The number of hydrogen-bond acceptors (Lipinski definition) is 5. The maximum atomic E-state index is 12.0. The van der Waals surface area contributed by atoms with E-state index in [1.807, 2.05) is 0 Å². The van der Waals surface area contributed by atoms with Gasteiger partial charge in [0.2, 0.25) is 10.0 Å². The minimum absolute atomic E-state index is 0.0536. The number of carboxylic acid groups (broad SMARTS) is 1. The molecule has 0 saturated carbocycles. The normalized spacial score (nSPS) is 13.0. The lowest BCUT2D eigenvalue weighted by molar-refractivity contribution is -0.136. The van der Waals surface area contributed by atoms with Gasteiger partial charge in [-0.1, -0.05) is 12.1 Å². The highest BCUT2D eigenvalue weighted by Crippen LogP contribution is 2.11. The predicted octanol–water partition coefficient (Wildman–Crippen LogP) is -0.0106. The van der Waals surface area contributed by atoms with Crippen molar-refractivity contribution in [2.75, 3.05) is 20.3 Å². The Morgan fingerprint density at radius 2 is 1.95 bits per heavy atom. The Morgan fingerprint density at radius 1 is 1.33 bits per heavy atom. The van der Waals surface area contributed by atoms with Gasteiger partial charge in [0.15, 0.2) is 0 Å². The molecule has 0 fully saturated rings. The van der Waals surface area contributed by atoms with E-state index >= 15 is 0 Å². The molecule has 0 aliphatic rings. The van der Waals surface area contributed by atoms with Gasteiger partial charge >= 0.3 is 5.97 Å². The van der Waals surface area contributed by atoms with E-state index in [0.29, 0.717) is 5.56 Å². The molecule has 1 atom stereocenters. The van der Waals surface area contributed by atoms with Gasteiger partial charge in [-0.05, 0) is 24.1 Å². The van der Waals surface area contributed by atoms with Gasteiger partial charge in [0.25, 0.3) is 0 Å². The van der Waals surface area contributed by atoms with E-state index in [1.54, 1.807) is 0 Å². The SMILES string of the molecule is COCC(O)CCNS(=O)(=O)c1ccc(CC(=O)O)cc1. The van der Waals surface area contributed by atoms with Crippen molar-refractivity contribution >= 4 is 16.0 Å². The molecule has 8 heteroatoms. The summed E-state index contributed by atoms with van der Waals surface area (Å²) >= 11 is 0. The molecule has 3 N–H and O–H groups in total. The van der Waals surface area contributed by atoms with E-state index in [0.717, 1.165) is 0 Å². The van der Waals surface area contributed by atoms with E-state index in [4.69, 9.17) is 9.84 Å². The zero-order valence-corrected chi connectivity index (χ0v) is 12.5. The summed E-state index contributed by atoms with van der Waals surface area (Å²) in [4.78, 5) is 10.6. The number of methoxy groups -OCH3 is 1. The summed E-state index contributed by atoms with van der Waals surface area (Å²) in [6.07, 6.45) is -0.642. The standard InChI is InChI=1S/C13H19NO6S/c1-20-9-11(15)6-7-14-21(18,19)12-4-2-10(3-5-12)8-13(16)17/h2-5,11,14-15H,6-9H2,1H3,(H,16,17). The van der Waals surface area contributed by atoms with Crippen LogP contribution in [0.5, 0.6) is 0 Å². The molecule has 0 saturated heterocycles. The summed E-state index contributed by atoms with van der Waals surface area (Å²) in [5.41, 5.74) is 0.525. The summed E-state index contributed by atoms with van der Waals surface area (Å²) in [5, 5.41) is 18.1. The number of aliphatic hydroxyl groups excluding tert-OH is 1. The van der Waals surface area contributed by atoms with Crippen LogP contribution in [0.15, 0.2) is 29.2 Å². The Labute approximate surface area is 123 Å². The fraction of sp³-hybridized carbons (Fsp3) is 0.462. The van der Waals surface area contributed by atoms with E-state index in [-0.39, 0.29) is 30.9 Å². The Kier molecular flexibility index (Phi) is 6.76. The first kappa shape index (κ1) is 17.6. The minimum Gasteiger partial charge on any atom is -0.481 e. The largest absolute Gasteiger partial charge is 0.481 e. The van der Waals surface area contributed by atoms with Crippen LogP contribution in [0.1, 0.15) is 12.0 Å². The molecule has 7 nitrogen and oxygen atoms in total. The van der Waals surface area contributed by atoms with Gasteiger partial charge in [-0.25, -0.2) is 13.1 Å². The third-order valence-electron chi connectivity index (χ3n) is 2.72. The zero-order valence-electron chi connectivity index (χ0n) is 11.7. The first-order chi connectivity index (χ1) is 9.85. The summed E-state index contributed by atoms with van der Waals surface area (Å²) < 4.78 is 31.0. The smallest absolute Gasteiger partial charge is 0.307 e. The number of sulfonamides is 1. The van der Waals surface area contributed by atoms with Crippen molar-refractivity contribution in [2.24, 2.45) is 0 Å². The van der Waals surface area contributed by atoms with Crippen LogP contribution in [-0.4, -0.2) is 51.0 Å². The molecule has 0 aliphatic heterocycles. The average molecular weight is 317 g/mol.